The Hall–Kier alpha value is -1.34. The van der Waals surface area contributed by atoms with E-state index >= 15 is 0 Å². The highest BCUT2D eigenvalue weighted by Gasteiger charge is 2.24. The van der Waals surface area contributed by atoms with E-state index in [1.54, 1.807) is 29.3 Å². The standard InChI is InChI=1S/C33H50Si/c1-4-5-6-7-27-8-10-28(11-9-27)29-12-14-30(15-13-29)31-16-18-32(19-17-31)33-21-24-34(25-22-33)23-20-26(2)3/h12-19,26-28,33-34H,4-11,20-25H2,1-3H3/t27-,28-,33?,34?. The Kier molecular flexibility index (Phi) is 9.92. The molecule has 2 aromatic carbocycles. The summed E-state index contributed by atoms with van der Waals surface area (Å²) in [5, 5.41) is 0. The molecule has 1 heteroatoms. The van der Waals surface area contributed by atoms with Crippen LogP contribution in [0.3, 0.4) is 0 Å². The zero-order chi connectivity index (χ0) is 23.8. The van der Waals surface area contributed by atoms with Crippen LogP contribution in [0.4, 0.5) is 0 Å². The lowest BCUT2D eigenvalue weighted by atomic mass is 9.77. The van der Waals surface area contributed by atoms with Crippen LogP contribution >= 0.6 is 0 Å². The fourth-order valence-corrected chi connectivity index (χ4v) is 10.5. The second kappa shape index (κ2) is 13.1. The lowest BCUT2D eigenvalue weighted by molar-refractivity contribution is 0.303. The van der Waals surface area contributed by atoms with Gasteiger partial charge in [0.15, 0.2) is 0 Å². The Bertz CT molecular complexity index is 818. The van der Waals surface area contributed by atoms with E-state index in [9.17, 15) is 0 Å². The molecule has 186 valence electrons. The molecule has 1 aliphatic heterocycles. The predicted molar refractivity (Wildman–Crippen MR) is 154 cm³/mol. The van der Waals surface area contributed by atoms with Crippen molar-refractivity contribution in [1.29, 1.82) is 0 Å². The van der Waals surface area contributed by atoms with Gasteiger partial charge in [0.25, 0.3) is 0 Å². The summed E-state index contributed by atoms with van der Waals surface area (Å²) in [6.45, 7) is 7.08. The summed E-state index contributed by atoms with van der Waals surface area (Å²) in [7, 11) is -0.431. The Morgan fingerprint density at radius 3 is 1.74 bits per heavy atom. The number of benzene rings is 2. The predicted octanol–water partition coefficient (Wildman–Crippen LogP) is 10.4. The molecule has 1 heterocycles. The fourth-order valence-electron chi connectivity index (χ4n) is 6.72. The molecule has 0 aromatic heterocycles. The summed E-state index contributed by atoms with van der Waals surface area (Å²) in [4.78, 5) is 0. The zero-order valence-corrected chi connectivity index (χ0v) is 23.6. The van der Waals surface area contributed by atoms with Crippen LogP contribution in [-0.4, -0.2) is 8.80 Å². The van der Waals surface area contributed by atoms with Crippen molar-refractivity contribution in [2.75, 3.05) is 0 Å². The highest BCUT2D eigenvalue weighted by molar-refractivity contribution is 6.59. The van der Waals surface area contributed by atoms with Crippen LogP contribution in [-0.2, 0) is 0 Å². The van der Waals surface area contributed by atoms with Crippen LogP contribution in [0.25, 0.3) is 11.1 Å². The van der Waals surface area contributed by atoms with Gasteiger partial charge in [0, 0.05) is 8.80 Å². The van der Waals surface area contributed by atoms with Crippen molar-refractivity contribution in [3.05, 3.63) is 59.7 Å². The minimum atomic E-state index is -0.431. The van der Waals surface area contributed by atoms with Crippen LogP contribution in [0.1, 0.15) is 114 Å². The van der Waals surface area contributed by atoms with Crippen molar-refractivity contribution in [1.82, 2.24) is 0 Å². The molecule has 0 bridgehead atoms. The summed E-state index contributed by atoms with van der Waals surface area (Å²) in [6, 6.07) is 24.0. The maximum atomic E-state index is 2.43. The normalized spacial score (nSPS) is 25.5. The first kappa shape index (κ1) is 25.7. The van der Waals surface area contributed by atoms with Crippen molar-refractivity contribution in [2.45, 2.75) is 121 Å². The number of unbranched alkanes of at least 4 members (excludes halogenated alkanes) is 2. The second-order valence-corrected chi connectivity index (χ2v) is 15.6. The third-order valence-electron chi connectivity index (χ3n) is 9.16. The van der Waals surface area contributed by atoms with Crippen LogP contribution in [0.5, 0.6) is 0 Å². The third kappa shape index (κ3) is 7.33. The largest absolute Gasteiger partial charge is 0.0654 e. The van der Waals surface area contributed by atoms with E-state index in [0.29, 0.717) is 0 Å². The van der Waals surface area contributed by atoms with E-state index in [4.69, 9.17) is 0 Å². The molecule has 4 rings (SSSR count). The van der Waals surface area contributed by atoms with Gasteiger partial charge in [-0.05, 0) is 84.5 Å². The van der Waals surface area contributed by atoms with Gasteiger partial charge in [-0.2, -0.15) is 0 Å². The number of rotatable bonds is 10. The molecule has 2 aliphatic rings. The minimum absolute atomic E-state index is 0.431. The molecule has 0 unspecified atom stereocenters. The Morgan fingerprint density at radius 1 is 0.706 bits per heavy atom. The van der Waals surface area contributed by atoms with Gasteiger partial charge in [0.2, 0.25) is 0 Å². The smallest absolute Gasteiger partial charge is 0.0368 e. The topological polar surface area (TPSA) is 0 Å². The Balaban J connectivity index is 1.26. The first-order valence-corrected chi connectivity index (χ1v) is 17.3. The van der Waals surface area contributed by atoms with Crippen molar-refractivity contribution < 1.29 is 0 Å². The monoisotopic (exact) mass is 474 g/mol. The molecule has 0 radical (unpaired) electrons. The van der Waals surface area contributed by atoms with Gasteiger partial charge in [0.05, 0.1) is 0 Å². The van der Waals surface area contributed by atoms with E-state index in [1.165, 1.54) is 81.8 Å². The molecule has 2 aromatic rings. The summed E-state index contributed by atoms with van der Waals surface area (Å²) in [5.74, 6) is 3.49. The van der Waals surface area contributed by atoms with Crippen molar-refractivity contribution >= 4 is 8.80 Å². The van der Waals surface area contributed by atoms with Gasteiger partial charge in [-0.3, -0.25) is 0 Å². The minimum Gasteiger partial charge on any atom is -0.0654 e. The van der Waals surface area contributed by atoms with E-state index in [0.717, 1.165) is 23.7 Å². The average molecular weight is 475 g/mol. The lowest BCUT2D eigenvalue weighted by Gasteiger charge is -2.29. The summed E-state index contributed by atoms with van der Waals surface area (Å²) in [5.41, 5.74) is 5.93. The van der Waals surface area contributed by atoms with Crippen LogP contribution in [0, 0.1) is 11.8 Å². The summed E-state index contributed by atoms with van der Waals surface area (Å²) < 4.78 is 0. The van der Waals surface area contributed by atoms with E-state index < -0.39 is 8.80 Å². The van der Waals surface area contributed by atoms with Crippen molar-refractivity contribution in [2.24, 2.45) is 11.8 Å². The highest BCUT2D eigenvalue weighted by atomic mass is 28.3. The molecule has 1 saturated carbocycles. The van der Waals surface area contributed by atoms with Gasteiger partial charge in [-0.25, -0.2) is 0 Å². The molecule has 0 spiro atoms. The Morgan fingerprint density at radius 2 is 1.24 bits per heavy atom. The van der Waals surface area contributed by atoms with Gasteiger partial charge < -0.3 is 0 Å². The molecule has 0 amide bonds. The van der Waals surface area contributed by atoms with Crippen molar-refractivity contribution in [3.63, 3.8) is 0 Å². The average Bonchev–Trinajstić information content (AvgIpc) is 2.89. The van der Waals surface area contributed by atoms with E-state index in [1.807, 2.05) is 0 Å². The Labute approximate surface area is 212 Å². The van der Waals surface area contributed by atoms with Gasteiger partial charge >= 0.3 is 0 Å². The highest BCUT2D eigenvalue weighted by Crippen LogP contribution is 2.39. The first-order valence-electron chi connectivity index (χ1n) is 14.8. The molecule has 34 heavy (non-hydrogen) atoms. The molecule has 0 atom stereocenters. The van der Waals surface area contributed by atoms with Crippen LogP contribution in [0.2, 0.25) is 18.1 Å². The van der Waals surface area contributed by atoms with Crippen LogP contribution in [0.15, 0.2) is 48.5 Å². The first-order chi connectivity index (χ1) is 16.6. The maximum Gasteiger partial charge on any atom is 0.0368 e. The molecule has 1 aliphatic carbocycles. The van der Waals surface area contributed by atoms with Gasteiger partial charge in [-0.1, -0.05) is 120 Å². The second-order valence-electron chi connectivity index (χ2n) is 12.1. The van der Waals surface area contributed by atoms with Crippen molar-refractivity contribution in [3.8, 4) is 11.1 Å². The third-order valence-corrected chi connectivity index (χ3v) is 12.6. The summed E-state index contributed by atoms with van der Waals surface area (Å²) >= 11 is 0. The molecule has 2 fully saturated rings. The lowest BCUT2D eigenvalue weighted by Crippen LogP contribution is -2.20. The van der Waals surface area contributed by atoms with E-state index in [-0.39, 0.29) is 0 Å². The quantitative estimate of drug-likeness (QED) is 0.237. The number of hydrogen-bond acceptors (Lipinski definition) is 0. The molecule has 0 nitrogen and oxygen atoms in total. The molecule has 1 saturated heterocycles. The summed E-state index contributed by atoms with van der Waals surface area (Å²) in [6.07, 6.45) is 15.7. The SMILES string of the molecule is CCCCC[C@H]1CC[C@H](c2ccc(-c3ccc(C4CC[SiH](CCC(C)C)CC4)cc3)cc2)CC1. The zero-order valence-electron chi connectivity index (χ0n) is 22.4. The molecular formula is C33H50Si. The van der Waals surface area contributed by atoms with Gasteiger partial charge in [0.1, 0.15) is 0 Å². The molecular weight excluding hydrogens is 424 g/mol. The number of hydrogen-bond donors (Lipinski definition) is 0. The van der Waals surface area contributed by atoms with E-state index in [2.05, 4.69) is 69.3 Å². The fraction of sp³-hybridized carbons (Fsp3) is 0.636. The maximum absolute atomic E-state index is 2.43. The van der Waals surface area contributed by atoms with Gasteiger partial charge in [-0.15, -0.1) is 0 Å². The molecule has 0 N–H and O–H groups in total. The van der Waals surface area contributed by atoms with Crippen LogP contribution < -0.4 is 0 Å².